The molecule has 0 radical (unpaired) electrons. The molecule has 1 aromatic rings. The molecule has 0 bridgehead atoms. The number of imide groups is 1. The highest BCUT2D eigenvalue weighted by Gasteiger charge is 2.67. The maximum Gasteiger partial charge on any atom is 0.322 e. The lowest BCUT2D eigenvalue weighted by Gasteiger charge is -2.59. The minimum Gasteiger partial charge on any atom is -0.508 e. The molecule has 5 aliphatic rings. The number of phenolic OH excluding ortho intramolecular Hbond substituents is 1. The summed E-state index contributed by atoms with van der Waals surface area (Å²) in [5, 5.41) is 15.7. The third-order valence-corrected chi connectivity index (χ3v) is 8.40. The van der Waals surface area contributed by atoms with Gasteiger partial charge in [-0.1, -0.05) is 6.07 Å². The normalized spacial score (nSPS) is 39.3. The van der Waals surface area contributed by atoms with Gasteiger partial charge in [0.1, 0.15) is 11.3 Å². The smallest absolute Gasteiger partial charge is 0.322 e. The van der Waals surface area contributed by atoms with Crippen LogP contribution in [0.5, 0.6) is 5.75 Å². The fraction of sp³-hybridized carbons (Fsp3) is 0.636. The monoisotopic (exact) mass is 381 g/mol. The van der Waals surface area contributed by atoms with Gasteiger partial charge in [-0.25, -0.2) is 4.79 Å². The van der Waals surface area contributed by atoms with Gasteiger partial charge >= 0.3 is 6.03 Å². The molecule has 2 saturated heterocycles. The molecule has 148 valence electrons. The van der Waals surface area contributed by atoms with E-state index in [4.69, 9.17) is 0 Å². The summed E-state index contributed by atoms with van der Waals surface area (Å²) >= 11 is 0. The number of likely N-dealkylation sites (tertiary alicyclic amines) is 1. The van der Waals surface area contributed by atoms with E-state index in [1.165, 1.54) is 30.5 Å². The number of piperidine rings is 1. The summed E-state index contributed by atoms with van der Waals surface area (Å²) in [4.78, 5) is 27.4. The molecule has 0 aromatic heterocycles. The van der Waals surface area contributed by atoms with Crippen molar-refractivity contribution in [3.05, 3.63) is 29.3 Å². The lowest BCUT2D eigenvalue weighted by atomic mass is 9.49. The number of carbonyl (C=O) groups is 2. The Morgan fingerprint density at radius 1 is 1.18 bits per heavy atom. The highest BCUT2D eigenvalue weighted by Crippen LogP contribution is 2.65. The molecule has 28 heavy (non-hydrogen) atoms. The Morgan fingerprint density at radius 3 is 2.79 bits per heavy atom. The number of hydrogen-bond donors (Lipinski definition) is 3. The fourth-order valence-corrected chi connectivity index (χ4v) is 6.93. The average Bonchev–Trinajstić information content (AvgIpc) is 3.36. The molecule has 6 rings (SSSR count). The van der Waals surface area contributed by atoms with E-state index < -0.39 is 5.54 Å². The lowest BCUT2D eigenvalue weighted by Crippen LogP contribution is -2.65. The van der Waals surface area contributed by atoms with Gasteiger partial charge in [0.05, 0.1) is 0 Å². The topological polar surface area (TPSA) is 81.7 Å². The van der Waals surface area contributed by atoms with E-state index in [2.05, 4.69) is 21.6 Å². The van der Waals surface area contributed by atoms with E-state index in [1.807, 2.05) is 6.07 Å². The van der Waals surface area contributed by atoms with Crippen molar-refractivity contribution in [3.8, 4) is 5.75 Å². The number of nitrogens with one attached hydrogen (secondary N) is 2. The number of phenols is 1. The van der Waals surface area contributed by atoms with Crippen molar-refractivity contribution in [3.63, 3.8) is 0 Å². The van der Waals surface area contributed by atoms with Gasteiger partial charge in [0.2, 0.25) is 0 Å². The first-order chi connectivity index (χ1) is 13.4. The molecule has 3 N–H and O–H groups in total. The Hall–Kier alpha value is -2.08. The SMILES string of the molecule is O=C1NC(=O)[C@]2(CCC34Cc5ccc(O)cc5[C@@]3(CCN(CC3CC3)C4)C2)N1. The first kappa shape index (κ1) is 16.8. The minimum absolute atomic E-state index is 0.0924. The second-order valence-corrected chi connectivity index (χ2v) is 9.98. The van der Waals surface area contributed by atoms with E-state index in [1.54, 1.807) is 6.07 Å². The Labute approximate surface area is 164 Å². The van der Waals surface area contributed by atoms with Crippen molar-refractivity contribution in [1.82, 2.24) is 15.5 Å². The Balaban J connectivity index is 1.44. The molecule has 4 fully saturated rings. The summed E-state index contributed by atoms with van der Waals surface area (Å²) in [5.74, 6) is 0.991. The highest BCUT2D eigenvalue weighted by molar-refractivity contribution is 6.07. The van der Waals surface area contributed by atoms with E-state index in [9.17, 15) is 14.7 Å². The second kappa shape index (κ2) is 5.29. The van der Waals surface area contributed by atoms with Gasteiger partial charge in [0.15, 0.2) is 0 Å². The van der Waals surface area contributed by atoms with Crippen LogP contribution in [0.3, 0.4) is 0 Å². The molecule has 2 aliphatic heterocycles. The Morgan fingerprint density at radius 2 is 2.04 bits per heavy atom. The standard InChI is InChI=1S/C22H27N3O3/c26-16-4-3-15-10-20-5-6-22(18(27)23-19(28)24-22)12-21(20,17(15)9-16)7-8-25(13-20)11-14-1-2-14/h3-4,9,14,26H,1-2,5-8,10-13H2,(H2,23,24,27,28)/t20?,21-,22-/m1/s1. The molecular formula is C22H27N3O3. The molecule has 3 amide bonds. The number of amides is 3. The molecule has 1 unspecified atom stereocenters. The maximum atomic E-state index is 12.8. The predicted octanol–water partition coefficient (Wildman–Crippen LogP) is 2.05. The summed E-state index contributed by atoms with van der Waals surface area (Å²) in [5.41, 5.74) is 1.66. The average molecular weight is 381 g/mol. The molecule has 6 heteroatoms. The van der Waals surface area contributed by atoms with Gasteiger partial charge in [-0.2, -0.15) is 0 Å². The van der Waals surface area contributed by atoms with Crippen LogP contribution in [0.15, 0.2) is 18.2 Å². The molecule has 2 heterocycles. The number of rotatable bonds is 2. The van der Waals surface area contributed by atoms with Crippen molar-refractivity contribution in [2.75, 3.05) is 19.6 Å². The number of urea groups is 1. The second-order valence-electron chi connectivity index (χ2n) is 9.98. The summed E-state index contributed by atoms with van der Waals surface area (Å²) < 4.78 is 0. The van der Waals surface area contributed by atoms with Crippen LogP contribution in [0.1, 0.15) is 49.7 Å². The van der Waals surface area contributed by atoms with Crippen molar-refractivity contribution in [2.45, 2.75) is 55.9 Å². The van der Waals surface area contributed by atoms with Gasteiger partial charge in [0.25, 0.3) is 5.91 Å². The Kier molecular flexibility index (Phi) is 3.18. The van der Waals surface area contributed by atoms with Crippen molar-refractivity contribution < 1.29 is 14.7 Å². The minimum atomic E-state index is -0.799. The van der Waals surface area contributed by atoms with E-state index in [0.29, 0.717) is 18.6 Å². The van der Waals surface area contributed by atoms with Crippen LogP contribution in [0.4, 0.5) is 4.79 Å². The number of fused-ring (bicyclic) bond motifs is 1. The van der Waals surface area contributed by atoms with E-state index >= 15 is 0 Å². The number of aromatic hydroxyl groups is 1. The summed E-state index contributed by atoms with van der Waals surface area (Å²) in [6, 6.07) is 5.43. The molecule has 2 saturated carbocycles. The summed E-state index contributed by atoms with van der Waals surface area (Å²) in [6.45, 7) is 3.28. The zero-order valence-electron chi connectivity index (χ0n) is 16.1. The van der Waals surface area contributed by atoms with Gasteiger partial charge in [-0.3, -0.25) is 10.1 Å². The summed E-state index contributed by atoms with van der Waals surface area (Å²) in [6.07, 6.45) is 6.98. The fourth-order valence-electron chi connectivity index (χ4n) is 6.93. The van der Waals surface area contributed by atoms with Crippen molar-refractivity contribution in [1.29, 1.82) is 0 Å². The zero-order valence-corrected chi connectivity index (χ0v) is 16.1. The van der Waals surface area contributed by atoms with E-state index in [-0.39, 0.29) is 22.8 Å². The van der Waals surface area contributed by atoms with Gasteiger partial charge in [-0.15, -0.1) is 0 Å². The molecule has 1 spiro atoms. The third kappa shape index (κ3) is 2.12. The van der Waals surface area contributed by atoms with Crippen LogP contribution in [0.2, 0.25) is 0 Å². The van der Waals surface area contributed by atoms with Crippen molar-refractivity contribution in [2.24, 2.45) is 11.3 Å². The predicted molar refractivity (Wildman–Crippen MR) is 103 cm³/mol. The largest absolute Gasteiger partial charge is 0.508 e. The number of benzene rings is 1. The summed E-state index contributed by atoms with van der Waals surface area (Å²) in [7, 11) is 0. The number of nitrogens with zero attached hydrogens (tertiary/aromatic N) is 1. The van der Waals surface area contributed by atoms with Crippen LogP contribution >= 0.6 is 0 Å². The Bertz CT molecular complexity index is 897. The third-order valence-electron chi connectivity index (χ3n) is 8.40. The first-order valence-electron chi connectivity index (χ1n) is 10.6. The van der Waals surface area contributed by atoms with Gasteiger partial charge < -0.3 is 15.3 Å². The quantitative estimate of drug-likeness (QED) is 0.685. The van der Waals surface area contributed by atoms with E-state index in [0.717, 1.165) is 38.3 Å². The molecule has 6 nitrogen and oxygen atoms in total. The van der Waals surface area contributed by atoms with Crippen LogP contribution in [-0.4, -0.2) is 47.1 Å². The molecular weight excluding hydrogens is 354 g/mol. The van der Waals surface area contributed by atoms with Crippen LogP contribution in [0, 0.1) is 11.3 Å². The first-order valence-corrected chi connectivity index (χ1v) is 10.6. The molecule has 1 aromatic carbocycles. The molecule has 3 atom stereocenters. The number of hydrogen-bond acceptors (Lipinski definition) is 4. The molecule has 3 aliphatic carbocycles. The van der Waals surface area contributed by atoms with Crippen LogP contribution in [-0.2, 0) is 16.6 Å². The van der Waals surface area contributed by atoms with Gasteiger partial charge in [0, 0.05) is 18.5 Å². The van der Waals surface area contributed by atoms with Crippen LogP contribution < -0.4 is 10.6 Å². The van der Waals surface area contributed by atoms with Gasteiger partial charge in [-0.05, 0) is 86.1 Å². The maximum absolute atomic E-state index is 12.8. The van der Waals surface area contributed by atoms with Crippen LogP contribution in [0.25, 0.3) is 0 Å². The van der Waals surface area contributed by atoms with Crippen molar-refractivity contribution >= 4 is 11.9 Å². The number of carbonyl (C=O) groups excluding carboxylic acids is 2. The zero-order chi connectivity index (χ0) is 19.1. The highest BCUT2D eigenvalue weighted by atomic mass is 16.3. The lowest BCUT2D eigenvalue weighted by molar-refractivity contribution is -0.130.